The van der Waals surface area contributed by atoms with Crippen molar-refractivity contribution in [1.82, 2.24) is 0 Å². The average molecular weight is 182 g/mol. The molecule has 0 radical (unpaired) electrons. The minimum absolute atomic E-state index is 0.754. The lowest BCUT2D eigenvalue weighted by molar-refractivity contribution is 0.241. The molecule has 0 atom stereocenters. The third kappa shape index (κ3) is 7.63. The predicted octanol–water partition coefficient (Wildman–Crippen LogP) is 4.06. The first kappa shape index (κ1) is 12.3. The van der Waals surface area contributed by atoms with Gasteiger partial charge in [-0.05, 0) is 38.8 Å². The maximum atomic E-state index is 5.44. The molecule has 0 aliphatic rings. The van der Waals surface area contributed by atoms with Crippen molar-refractivity contribution in [2.75, 3.05) is 6.61 Å². The Bertz CT molecular complexity index is 157. The van der Waals surface area contributed by atoms with Crippen LogP contribution < -0.4 is 0 Å². The van der Waals surface area contributed by atoms with Gasteiger partial charge in [0.2, 0.25) is 0 Å². The van der Waals surface area contributed by atoms with Gasteiger partial charge < -0.3 is 4.74 Å². The van der Waals surface area contributed by atoms with Gasteiger partial charge in [-0.25, -0.2) is 0 Å². The summed E-state index contributed by atoms with van der Waals surface area (Å²) in [4.78, 5) is 0. The highest BCUT2D eigenvalue weighted by molar-refractivity contribution is 5.10. The van der Waals surface area contributed by atoms with Crippen LogP contribution in [0, 0.1) is 0 Å². The fraction of sp³-hybridized carbons (Fsp3) is 0.667. The van der Waals surface area contributed by atoms with Gasteiger partial charge in [-0.1, -0.05) is 25.8 Å². The van der Waals surface area contributed by atoms with Gasteiger partial charge in [0.1, 0.15) is 5.76 Å². The standard InChI is InChI=1S/C12H22O/c1-4-7-8-9-11-12(10-5-2)13-6-3/h5,10-11H,4,6-9H2,1-3H3/b10-5+,12-11-. The zero-order valence-electron chi connectivity index (χ0n) is 9.18. The minimum atomic E-state index is 0.754. The topological polar surface area (TPSA) is 9.23 Å². The Morgan fingerprint density at radius 1 is 1.23 bits per heavy atom. The molecule has 76 valence electrons. The fourth-order valence-electron chi connectivity index (χ4n) is 1.14. The van der Waals surface area contributed by atoms with Crippen LogP contribution in [0.4, 0.5) is 0 Å². The predicted molar refractivity (Wildman–Crippen MR) is 58.7 cm³/mol. The molecule has 0 heterocycles. The zero-order chi connectivity index (χ0) is 9.94. The van der Waals surface area contributed by atoms with Gasteiger partial charge >= 0.3 is 0 Å². The van der Waals surface area contributed by atoms with Crippen molar-refractivity contribution < 1.29 is 4.74 Å². The Labute approximate surface area is 82.5 Å². The molecule has 0 aromatic carbocycles. The number of unbranched alkanes of at least 4 members (excludes halogenated alkanes) is 3. The molecule has 0 aromatic rings. The Hall–Kier alpha value is -0.720. The van der Waals surface area contributed by atoms with Gasteiger partial charge in [-0.3, -0.25) is 0 Å². The molecule has 0 fully saturated rings. The van der Waals surface area contributed by atoms with Crippen LogP contribution in [-0.2, 0) is 4.74 Å². The molecule has 0 bridgehead atoms. The van der Waals surface area contributed by atoms with Crippen molar-refractivity contribution in [2.45, 2.75) is 46.5 Å². The van der Waals surface area contributed by atoms with Crippen molar-refractivity contribution in [2.24, 2.45) is 0 Å². The molecule has 0 unspecified atom stereocenters. The molecule has 13 heavy (non-hydrogen) atoms. The summed E-state index contributed by atoms with van der Waals surface area (Å²) in [6.45, 7) is 7.01. The summed E-state index contributed by atoms with van der Waals surface area (Å²) >= 11 is 0. The van der Waals surface area contributed by atoms with E-state index in [2.05, 4.69) is 13.0 Å². The molecule has 0 aliphatic heterocycles. The summed E-state index contributed by atoms with van der Waals surface area (Å²) in [5, 5.41) is 0. The first-order valence-electron chi connectivity index (χ1n) is 5.30. The molecule has 0 saturated carbocycles. The smallest absolute Gasteiger partial charge is 0.114 e. The lowest BCUT2D eigenvalue weighted by Crippen LogP contribution is -1.88. The summed E-state index contributed by atoms with van der Waals surface area (Å²) in [5.74, 6) is 1.01. The molecule has 0 aromatic heterocycles. The monoisotopic (exact) mass is 182 g/mol. The highest BCUT2D eigenvalue weighted by atomic mass is 16.5. The van der Waals surface area contributed by atoms with Gasteiger partial charge in [0, 0.05) is 0 Å². The molecule has 0 rings (SSSR count). The van der Waals surface area contributed by atoms with E-state index in [4.69, 9.17) is 4.74 Å². The van der Waals surface area contributed by atoms with E-state index < -0.39 is 0 Å². The molecule has 1 nitrogen and oxygen atoms in total. The SMILES string of the molecule is C/C=C/C(=C/CCCCC)OCC. The number of allylic oxidation sites excluding steroid dienone is 3. The van der Waals surface area contributed by atoms with E-state index in [0.29, 0.717) is 0 Å². The van der Waals surface area contributed by atoms with Crippen molar-refractivity contribution in [3.05, 3.63) is 24.0 Å². The Kier molecular flexibility index (Phi) is 8.85. The second kappa shape index (κ2) is 9.37. The Morgan fingerprint density at radius 3 is 2.54 bits per heavy atom. The molecular weight excluding hydrogens is 160 g/mol. The first-order valence-corrected chi connectivity index (χ1v) is 5.30. The average Bonchev–Trinajstić information content (AvgIpc) is 2.13. The van der Waals surface area contributed by atoms with Gasteiger partial charge in [0.05, 0.1) is 6.61 Å². The quantitative estimate of drug-likeness (QED) is 0.328. The molecule has 0 aliphatic carbocycles. The number of ether oxygens (including phenoxy) is 1. The second-order valence-corrected chi connectivity index (χ2v) is 3.04. The van der Waals surface area contributed by atoms with Crippen LogP contribution in [0.25, 0.3) is 0 Å². The largest absolute Gasteiger partial charge is 0.494 e. The van der Waals surface area contributed by atoms with Crippen LogP contribution in [0.15, 0.2) is 24.0 Å². The van der Waals surface area contributed by atoms with Crippen LogP contribution in [0.1, 0.15) is 46.5 Å². The van der Waals surface area contributed by atoms with Crippen LogP contribution in [-0.4, -0.2) is 6.61 Å². The number of rotatable bonds is 7. The van der Waals surface area contributed by atoms with Crippen LogP contribution in [0.5, 0.6) is 0 Å². The summed E-state index contributed by atoms with van der Waals surface area (Å²) in [6.07, 6.45) is 11.2. The molecule has 1 heteroatoms. The molecular formula is C12H22O. The maximum absolute atomic E-state index is 5.44. The second-order valence-electron chi connectivity index (χ2n) is 3.04. The third-order valence-corrected chi connectivity index (χ3v) is 1.80. The van der Waals surface area contributed by atoms with E-state index in [0.717, 1.165) is 18.8 Å². The van der Waals surface area contributed by atoms with Gasteiger partial charge in [0.25, 0.3) is 0 Å². The van der Waals surface area contributed by atoms with Crippen LogP contribution in [0.2, 0.25) is 0 Å². The third-order valence-electron chi connectivity index (χ3n) is 1.80. The highest BCUT2D eigenvalue weighted by Crippen LogP contribution is 2.06. The number of hydrogen-bond donors (Lipinski definition) is 0. The summed E-state index contributed by atoms with van der Waals surface area (Å²) in [7, 11) is 0. The van der Waals surface area contributed by atoms with Gasteiger partial charge in [0.15, 0.2) is 0 Å². The van der Waals surface area contributed by atoms with E-state index in [9.17, 15) is 0 Å². The molecule has 0 amide bonds. The lowest BCUT2D eigenvalue weighted by Gasteiger charge is -2.03. The minimum Gasteiger partial charge on any atom is -0.494 e. The first-order chi connectivity index (χ1) is 6.35. The highest BCUT2D eigenvalue weighted by Gasteiger charge is 1.90. The normalized spacial score (nSPS) is 12.4. The molecule has 0 N–H and O–H groups in total. The van der Waals surface area contributed by atoms with E-state index in [1.165, 1.54) is 19.3 Å². The fourth-order valence-corrected chi connectivity index (χ4v) is 1.14. The van der Waals surface area contributed by atoms with Crippen molar-refractivity contribution in [1.29, 1.82) is 0 Å². The summed E-state index contributed by atoms with van der Waals surface area (Å²) < 4.78 is 5.44. The van der Waals surface area contributed by atoms with E-state index in [1.807, 2.05) is 26.0 Å². The zero-order valence-corrected chi connectivity index (χ0v) is 9.18. The molecule has 0 spiro atoms. The van der Waals surface area contributed by atoms with Crippen molar-refractivity contribution in [3.63, 3.8) is 0 Å². The Morgan fingerprint density at radius 2 is 2.00 bits per heavy atom. The van der Waals surface area contributed by atoms with E-state index >= 15 is 0 Å². The lowest BCUT2D eigenvalue weighted by atomic mass is 10.2. The van der Waals surface area contributed by atoms with Gasteiger partial charge in [-0.2, -0.15) is 0 Å². The summed E-state index contributed by atoms with van der Waals surface area (Å²) in [5.41, 5.74) is 0. The van der Waals surface area contributed by atoms with Crippen LogP contribution in [0.3, 0.4) is 0 Å². The van der Waals surface area contributed by atoms with Crippen molar-refractivity contribution >= 4 is 0 Å². The van der Waals surface area contributed by atoms with Crippen LogP contribution >= 0.6 is 0 Å². The van der Waals surface area contributed by atoms with Gasteiger partial charge in [-0.15, -0.1) is 0 Å². The Balaban J connectivity index is 3.74. The van der Waals surface area contributed by atoms with E-state index in [1.54, 1.807) is 0 Å². The summed E-state index contributed by atoms with van der Waals surface area (Å²) in [6, 6.07) is 0. The maximum Gasteiger partial charge on any atom is 0.114 e. The van der Waals surface area contributed by atoms with E-state index in [-0.39, 0.29) is 0 Å². The molecule has 0 saturated heterocycles. The number of hydrogen-bond acceptors (Lipinski definition) is 1. The van der Waals surface area contributed by atoms with Crippen molar-refractivity contribution in [3.8, 4) is 0 Å².